The lowest BCUT2D eigenvalue weighted by atomic mass is 10.1. The average Bonchev–Trinajstić information content (AvgIpc) is 3.01. The number of carbonyl (C=O) groups excluding carboxylic acids is 2. The van der Waals surface area contributed by atoms with Crippen molar-refractivity contribution in [2.45, 2.75) is 33.7 Å². The topological polar surface area (TPSA) is 65.6 Å². The zero-order valence-corrected chi connectivity index (χ0v) is 18.2. The Morgan fingerprint density at radius 2 is 1.83 bits per heavy atom. The molecule has 0 spiro atoms. The highest BCUT2D eigenvalue weighted by Crippen LogP contribution is 2.28. The first kappa shape index (κ1) is 21.4. The number of carbonyl (C=O) groups is 2. The first-order valence-electron chi connectivity index (χ1n) is 9.99. The summed E-state index contributed by atoms with van der Waals surface area (Å²) in [5.74, 6) is -0.470. The lowest BCUT2D eigenvalue weighted by Gasteiger charge is -2.38. The van der Waals surface area contributed by atoms with Crippen LogP contribution >= 0.6 is 11.6 Å². The summed E-state index contributed by atoms with van der Waals surface area (Å²) in [6, 6.07) is 8.07. The lowest BCUT2D eigenvalue weighted by Crippen LogP contribution is -2.49. The molecular formula is C22H28ClN3O3. The second kappa shape index (κ2) is 9.01. The van der Waals surface area contributed by atoms with Gasteiger partial charge in [0.15, 0.2) is 0 Å². The van der Waals surface area contributed by atoms with Crippen LogP contribution < -0.4 is 0 Å². The summed E-state index contributed by atoms with van der Waals surface area (Å²) in [4.78, 5) is 32.5. The van der Waals surface area contributed by atoms with Crippen LogP contribution in [-0.2, 0) is 4.74 Å². The quantitative estimate of drug-likeness (QED) is 0.747. The zero-order valence-electron chi connectivity index (χ0n) is 17.4. The van der Waals surface area contributed by atoms with E-state index in [-0.39, 0.29) is 11.9 Å². The predicted octanol–water partition coefficient (Wildman–Crippen LogP) is 3.98. The number of piperazine rings is 1. The maximum absolute atomic E-state index is 13.1. The van der Waals surface area contributed by atoms with E-state index in [1.165, 1.54) is 0 Å². The van der Waals surface area contributed by atoms with Gasteiger partial charge in [0.1, 0.15) is 5.69 Å². The number of H-pyrrole nitrogens is 1. The molecule has 1 aromatic heterocycles. The van der Waals surface area contributed by atoms with E-state index in [0.29, 0.717) is 42.2 Å². The van der Waals surface area contributed by atoms with Gasteiger partial charge in [-0.25, -0.2) is 4.79 Å². The number of hydrogen-bond donors (Lipinski definition) is 1. The monoisotopic (exact) mass is 417 g/mol. The van der Waals surface area contributed by atoms with Gasteiger partial charge < -0.3 is 14.6 Å². The average molecular weight is 418 g/mol. The van der Waals surface area contributed by atoms with Crippen molar-refractivity contribution in [1.82, 2.24) is 14.8 Å². The Morgan fingerprint density at radius 1 is 1.17 bits per heavy atom. The van der Waals surface area contributed by atoms with Crippen molar-refractivity contribution in [2.75, 3.05) is 32.8 Å². The van der Waals surface area contributed by atoms with Crippen molar-refractivity contribution in [3.63, 3.8) is 0 Å². The number of halogens is 1. The summed E-state index contributed by atoms with van der Waals surface area (Å²) in [6.45, 7) is 10.6. The van der Waals surface area contributed by atoms with Crippen molar-refractivity contribution in [1.29, 1.82) is 0 Å². The zero-order chi connectivity index (χ0) is 21.1. The number of hydrogen-bond acceptors (Lipinski definition) is 4. The fraction of sp³-hybridized carbons (Fsp3) is 0.455. The minimum atomic E-state index is -0.392. The maximum Gasteiger partial charge on any atom is 0.340 e. The van der Waals surface area contributed by atoms with E-state index >= 15 is 0 Å². The summed E-state index contributed by atoms with van der Waals surface area (Å²) < 4.78 is 5.12. The molecule has 1 aromatic carbocycles. The summed E-state index contributed by atoms with van der Waals surface area (Å²) >= 11 is 6.35. The number of aromatic nitrogens is 1. The number of nitrogens with zero attached hydrogens (tertiary/aromatic N) is 2. The van der Waals surface area contributed by atoms with Crippen LogP contribution in [0, 0.1) is 13.8 Å². The number of rotatable bonds is 5. The maximum atomic E-state index is 13.1. The molecule has 1 atom stereocenters. The largest absolute Gasteiger partial charge is 0.462 e. The Balaban J connectivity index is 1.69. The van der Waals surface area contributed by atoms with Crippen LogP contribution in [0.2, 0.25) is 5.02 Å². The second-order valence-corrected chi connectivity index (χ2v) is 7.78. The van der Waals surface area contributed by atoms with Crippen molar-refractivity contribution >= 4 is 23.5 Å². The molecule has 2 aromatic rings. The highest BCUT2D eigenvalue weighted by atomic mass is 35.5. The van der Waals surface area contributed by atoms with Crippen molar-refractivity contribution in [2.24, 2.45) is 0 Å². The minimum Gasteiger partial charge on any atom is -0.462 e. The summed E-state index contributed by atoms with van der Waals surface area (Å²) in [5.41, 5.74) is 3.34. The highest BCUT2D eigenvalue weighted by molar-refractivity contribution is 6.31. The number of amides is 1. The fourth-order valence-electron chi connectivity index (χ4n) is 3.95. The van der Waals surface area contributed by atoms with Gasteiger partial charge in [-0.1, -0.05) is 29.8 Å². The summed E-state index contributed by atoms with van der Waals surface area (Å²) in [7, 11) is 0. The van der Waals surface area contributed by atoms with Crippen molar-refractivity contribution in [3.05, 3.63) is 57.4 Å². The minimum absolute atomic E-state index is 0.0776. The molecule has 156 valence electrons. The van der Waals surface area contributed by atoms with Gasteiger partial charge in [0.2, 0.25) is 0 Å². The Hall–Kier alpha value is -2.31. The van der Waals surface area contributed by atoms with Crippen LogP contribution in [-0.4, -0.2) is 59.4 Å². The van der Waals surface area contributed by atoms with E-state index in [0.717, 1.165) is 23.7 Å². The molecule has 1 amide bonds. The van der Waals surface area contributed by atoms with Gasteiger partial charge in [-0.05, 0) is 44.9 Å². The third-order valence-electron chi connectivity index (χ3n) is 5.64. The fourth-order valence-corrected chi connectivity index (χ4v) is 4.25. The Kier molecular flexibility index (Phi) is 6.65. The van der Waals surface area contributed by atoms with E-state index in [9.17, 15) is 9.59 Å². The van der Waals surface area contributed by atoms with Gasteiger partial charge in [0.25, 0.3) is 5.91 Å². The Bertz CT molecular complexity index is 901. The van der Waals surface area contributed by atoms with Crippen LogP contribution in [0.5, 0.6) is 0 Å². The van der Waals surface area contributed by atoms with E-state index in [4.69, 9.17) is 16.3 Å². The third-order valence-corrected chi connectivity index (χ3v) is 5.98. The SMILES string of the molecule is CCOC(=O)c1c(C)[nH]c(C(=O)N2CCN(C(C)c3ccccc3Cl)CC2)c1C. The first-order valence-corrected chi connectivity index (χ1v) is 10.4. The van der Waals surface area contributed by atoms with E-state index in [1.807, 2.05) is 29.2 Å². The molecule has 1 N–H and O–H groups in total. The van der Waals surface area contributed by atoms with Gasteiger partial charge in [-0.2, -0.15) is 0 Å². The molecule has 1 saturated heterocycles. The molecule has 6 nitrogen and oxygen atoms in total. The first-order chi connectivity index (χ1) is 13.8. The van der Waals surface area contributed by atoms with E-state index < -0.39 is 5.97 Å². The van der Waals surface area contributed by atoms with Crippen molar-refractivity contribution in [3.8, 4) is 0 Å². The smallest absolute Gasteiger partial charge is 0.340 e. The van der Waals surface area contributed by atoms with E-state index in [1.54, 1.807) is 20.8 Å². The molecule has 1 aliphatic heterocycles. The molecule has 0 radical (unpaired) electrons. The summed E-state index contributed by atoms with van der Waals surface area (Å²) in [5, 5.41) is 0.766. The van der Waals surface area contributed by atoms with Gasteiger partial charge in [-0.15, -0.1) is 0 Å². The standard InChI is InChI=1S/C22H28ClN3O3/c1-5-29-22(28)19-14(2)20(24-15(19)3)21(27)26-12-10-25(11-13-26)16(4)17-8-6-7-9-18(17)23/h6-9,16,24H,5,10-13H2,1-4H3. The molecule has 1 aliphatic rings. The van der Waals surface area contributed by atoms with E-state index in [2.05, 4.69) is 16.8 Å². The molecule has 0 bridgehead atoms. The molecule has 3 rings (SSSR count). The van der Waals surface area contributed by atoms with Crippen LogP contribution in [0.1, 0.15) is 57.6 Å². The van der Waals surface area contributed by atoms with Gasteiger partial charge >= 0.3 is 5.97 Å². The Labute approximate surface area is 176 Å². The lowest BCUT2D eigenvalue weighted by molar-refractivity contribution is 0.0525. The van der Waals surface area contributed by atoms with Crippen molar-refractivity contribution < 1.29 is 14.3 Å². The molecule has 0 saturated carbocycles. The molecule has 2 heterocycles. The highest BCUT2D eigenvalue weighted by Gasteiger charge is 2.29. The second-order valence-electron chi connectivity index (χ2n) is 7.37. The van der Waals surface area contributed by atoms with Gasteiger partial charge in [-0.3, -0.25) is 9.69 Å². The molecular weight excluding hydrogens is 390 g/mol. The third kappa shape index (κ3) is 4.33. The molecule has 0 aliphatic carbocycles. The normalized spacial score (nSPS) is 16.0. The van der Waals surface area contributed by atoms with Crippen LogP contribution in [0.15, 0.2) is 24.3 Å². The molecule has 29 heavy (non-hydrogen) atoms. The van der Waals surface area contributed by atoms with Gasteiger partial charge in [0, 0.05) is 42.9 Å². The Morgan fingerprint density at radius 3 is 2.45 bits per heavy atom. The van der Waals surface area contributed by atoms with Gasteiger partial charge in [0.05, 0.1) is 12.2 Å². The molecule has 1 fully saturated rings. The number of ether oxygens (including phenoxy) is 1. The number of aryl methyl sites for hydroxylation is 1. The number of aromatic amines is 1. The summed E-state index contributed by atoms with van der Waals surface area (Å²) in [6.07, 6.45) is 0. The predicted molar refractivity (Wildman–Crippen MR) is 114 cm³/mol. The number of benzene rings is 1. The molecule has 7 heteroatoms. The van der Waals surface area contributed by atoms with Crippen LogP contribution in [0.4, 0.5) is 0 Å². The molecule has 1 unspecified atom stereocenters. The van der Waals surface area contributed by atoms with Crippen LogP contribution in [0.25, 0.3) is 0 Å². The van der Waals surface area contributed by atoms with Crippen LogP contribution in [0.3, 0.4) is 0 Å². The number of esters is 1. The number of nitrogens with one attached hydrogen (secondary N) is 1.